The van der Waals surface area contributed by atoms with Crippen molar-refractivity contribution in [3.8, 4) is 0 Å². The van der Waals surface area contributed by atoms with Gasteiger partial charge < -0.3 is 14.9 Å². The minimum absolute atomic E-state index is 0.0452. The van der Waals surface area contributed by atoms with Crippen molar-refractivity contribution in [1.82, 2.24) is 9.80 Å². The Hall–Kier alpha value is -1.39. The van der Waals surface area contributed by atoms with Gasteiger partial charge in [0.1, 0.15) is 0 Å². The quantitative estimate of drug-likeness (QED) is 0.873. The van der Waals surface area contributed by atoms with Crippen molar-refractivity contribution in [2.75, 3.05) is 27.2 Å². The van der Waals surface area contributed by atoms with Crippen LogP contribution >= 0.6 is 0 Å². The first kappa shape index (κ1) is 17.0. The molecule has 22 heavy (non-hydrogen) atoms. The second-order valence-corrected chi connectivity index (χ2v) is 6.53. The van der Waals surface area contributed by atoms with Crippen molar-refractivity contribution in [3.63, 3.8) is 0 Å². The van der Waals surface area contributed by atoms with Gasteiger partial charge in [-0.15, -0.1) is 0 Å². The number of rotatable bonds is 6. The number of aliphatic hydroxyl groups is 1. The maximum atomic E-state index is 12.5. The molecule has 1 fully saturated rings. The zero-order chi connectivity index (χ0) is 16.1. The molecule has 2 rings (SSSR count). The van der Waals surface area contributed by atoms with E-state index >= 15 is 0 Å². The number of benzene rings is 1. The Labute approximate surface area is 133 Å². The molecule has 2 atom stereocenters. The van der Waals surface area contributed by atoms with E-state index in [1.807, 2.05) is 29.2 Å². The molecule has 0 aliphatic carbocycles. The first-order valence-corrected chi connectivity index (χ1v) is 8.18. The third kappa shape index (κ3) is 4.08. The summed E-state index contributed by atoms with van der Waals surface area (Å²) >= 11 is 0. The minimum atomic E-state index is 0.0452. The van der Waals surface area contributed by atoms with E-state index in [1.165, 1.54) is 12.8 Å². The molecule has 1 aliphatic heterocycles. The van der Waals surface area contributed by atoms with Crippen LogP contribution in [0, 0.1) is 5.92 Å². The number of carbonyl (C=O) groups excluding carboxylic acids is 1. The molecule has 1 heterocycles. The number of nitrogens with zero attached hydrogens (tertiary/aromatic N) is 2. The fourth-order valence-electron chi connectivity index (χ4n) is 3.35. The SMILES string of the molecule is CCC[C@@H]1CN(C(=O)Cc2ccc(CO)cc2)C[C@H]1N(C)C. The van der Waals surface area contributed by atoms with Crippen molar-refractivity contribution < 1.29 is 9.90 Å². The molecule has 4 nitrogen and oxygen atoms in total. The van der Waals surface area contributed by atoms with Crippen LogP contribution in [0.4, 0.5) is 0 Å². The van der Waals surface area contributed by atoms with Gasteiger partial charge in [-0.3, -0.25) is 4.79 Å². The summed E-state index contributed by atoms with van der Waals surface area (Å²) in [5.74, 6) is 0.794. The molecule has 1 amide bonds. The molecule has 0 unspecified atom stereocenters. The molecule has 0 saturated carbocycles. The maximum Gasteiger partial charge on any atom is 0.227 e. The smallest absolute Gasteiger partial charge is 0.227 e. The second kappa shape index (κ2) is 7.75. The van der Waals surface area contributed by atoms with Crippen LogP contribution in [0.25, 0.3) is 0 Å². The Morgan fingerprint density at radius 1 is 1.23 bits per heavy atom. The summed E-state index contributed by atoms with van der Waals surface area (Å²) in [6.45, 7) is 3.97. The van der Waals surface area contributed by atoms with E-state index in [0.29, 0.717) is 18.4 Å². The van der Waals surface area contributed by atoms with Gasteiger partial charge in [0.25, 0.3) is 0 Å². The van der Waals surface area contributed by atoms with E-state index in [9.17, 15) is 4.79 Å². The summed E-state index contributed by atoms with van der Waals surface area (Å²) in [5.41, 5.74) is 1.90. The Bertz CT molecular complexity index is 484. The van der Waals surface area contributed by atoms with Gasteiger partial charge in [-0.2, -0.15) is 0 Å². The topological polar surface area (TPSA) is 43.8 Å². The van der Waals surface area contributed by atoms with Crippen LogP contribution in [0.2, 0.25) is 0 Å². The lowest BCUT2D eigenvalue weighted by atomic mass is 9.98. The van der Waals surface area contributed by atoms with Crippen LogP contribution in [0.1, 0.15) is 30.9 Å². The third-order valence-corrected chi connectivity index (χ3v) is 4.64. The van der Waals surface area contributed by atoms with Gasteiger partial charge in [0, 0.05) is 19.1 Å². The van der Waals surface area contributed by atoms with Crippen molar-refractivity contribution >= 4 is 5.91 Å². The number of hydrogen-bond donors (Lipinski definition) is 1. The predicted octanol–water partition coefficient (Wildman–Crippen LogP) is 1.91. The van der Waals surface area contributed by atoms with Gasteiger partial charge in [-0.25, -0.2) is 0 Å². The number of carbonyl (C=O) groups is 1. The zero-order valence-electron chi connectivity index (χ0n) is 14.0. The van der Waals surface area contributed by atoms with E-state index in [4.69, 9.17) is 5.11 Å². The highest BCUT2D eigenvalue weighted by Gasteiger charge is 2.35. The lowest BCUT2D eigenvalue weighted by Crippen LogP contribution is -2.36. The van der Waals surface area contributed by atoms with Gasteiger partial charge in [-0.1, -0.05) is 37.6 Å². The predicted molar refractivity (Wildman–Crippen MR) is 88.5 cm³/mol. The van der Waals surface area contributed by atoms with Crippen LogP contribution in [-0.4, -0.2) is 54.0 Å². The number of amides is 1. The molecule has 1 aliphatic rings. The first-order chi connectivity index (χ1) is 10.5. The van der Waals surface area contributed by atoms with E-state index in [0.717, 1.165) is 24.2 Å². The molecule has 0 radical (unpaired) electrons. The largest absolute Gasteiger partial charge is 0.392 e. The van der Waals surface area contributed by atoms with E-state index < -0.39 is 0 Å². The second-order valence-electron chi connectivity index (χ2n) is 6.53. The Morgan fingerprint density at radius 3 is 2.41 bits per heavy atom. The molecule has 122 valence electrons. The van der Waals surface area contributed by atoms with E-state index in [-0.39, 0.29) is 12.5 Å². The van der Waals surface area contributed by atoms with Crippen LogP contribution in [0.5, 0.6) is 0 Å². The highest BCUT2D eigenvalue weighted by atomic mass is 16.3. The summed E-state index contributed by atoms with van der Waals surface area (Å²) in [6, 6.07) is 8.11. The van der Waals surface area contributed by atoms with Crippen LogP contribution < -0.4 is 0 Å². The highest BCUT2D eigenvalue weighted by Crippen LogP contribution is 2.25. The van der Waals surface area contributed by atoms with Crippen LogP contribution in [-0.2, 0) is 17.8 Å². The van der Waals surface area contributed by atoms with Crippen molar-refractivity contribution in [1.29, 1.82) is 0 Å². The fourth-order valence-corrected chi connectivity index (χ4v) is 3.35. The van der Waals surface area contributed by atoms with Gasteiger partial charge >= 0.3 is 0 Å². The number of likely N-dealkylation sites (tertiary alicyclic amines) is 1. The third-order valence-electron chi connectivity index (χ3n) is 4.64. The monoisotopic (exact) mass is 304 g/mol. The van der Waals surface area contributed by atoms with E-state index in [2.05, 4.69) is 25.9 Å². The van der Waals surface area contributed by atoms with Crippen molar-refractivity contribution in [2.45, 2.75) is 38.8 Å². The first-order valence-electron chi connectivity index (χ1n) is 8.18. The summed E-state index contributed by atoms with van der Waals surface area (Å²) in [5, 5.41) is 9.06. The average molecular weight is 304 g/mol. The maximum absolute atomic E-state index is 12.5. The van der Waals surface area contributed by atoms with Gasteiger partial charge in [-0.05, 0) is 37.6 Å². The molecule has 1 N–H and O–H groups in total. The zero-order valence-corrected chi connectivity index (χ0v) is 14.0. The molecule has 1 aromatic rings. The molecule has 1 saturated heterocycles. The summed E-state index contributed by atoms with van der Waals surface area (Å²) in [6.07, 6.45) is 2.79. The van der Waals surface area contributed by atoms with E-state index in [1.54, 1.807) is 0 Å². The molecular weight excluding hydrogens is 276 g/mol. The van der Waals surface area contributed by atoms with Gasteiger partial charge in [0.05, 0.1) is 13.0 Å². The van der Waals surface area contributed by atoms with Gasteiger partial charge in [0.15, 0.2) is 0 Å². The Balaban J connectivity index is 1.97. The molecule has 4 heteroatoms. The normalized spacial score (nSPS) is 21.6. The summed E-state index contributed by atoms with van der Waals surface area (Å²) < 4.78 is 0. The number of hydrogen-bond acceptors (Lipinski definition) is 3. The Morgan fingerprint density at radius 2 is 1.86 bits per heavy atom. The Kier molecular flexibility index (Phi) is 5.98. The molecule has 1 aromatic carbocycles. The average Bonchev–Trinajstić information content (AvgIpc) is 2.93. The molecule has 0 bridgehead atoms. The molecular formula is C18H28N2O2. The fraction of sp³-hybridized carbons (Fsp3) is 0.611. The minimum Gasteiger partial charge on any atom is -0.392 e. The number of likely N-dealkylation sites (N-methyl/N-ethyl adjacent to an activating group) is 1. The molecule has 0 spiro atoms. The molecule has 0 aromatic heterocycles. The standard InChI is InChI=1S/C18H28N2O2/c1-4-5-16-11-20(12-17(16)19(2)3)18(22)10-14-6-8-15(13-21)9-7-14/h6-9,16-17,21H,4-5,10-13H2,1-3H3/t16-,17-/m1/s1. The van der Waals surface area contributed by atoms with Crippen LogP contribution in [0.15, 0.2) is 24.3 Å². The summed E-state index contributed by atoms with van der Waals surface area (Å²) in [7, 11) is 4.21. The lowest BCUT2D eigenvalue weighted by Gasteiger charge is -2.24. The lowest BCUT2D eigenvalue weighted by molar-refractivity contribution is -0.129. The number of aliphatic hydroxyl groups excluding tert-OH is 1. The van der Waals surface area contributed by atoms with Crippen LogP contribution in [0.3, 0.4) is 0 Å². The highest BCUT2D eigenvalue weighted by molar-refractivity contribution is 5.79. The van der Waals surface area contributed by atoms with Crippen molar-refractivity contribution in [2.24, 2.45) is 5.92 Å². The van der Waals surface area contributed by atoms with Crippen molar-refractivity contribution in [3.05, 3.63) is 35.4 Å². The van der Waals surface area contributed by atoms with Gasteiger partial charge in [0.2, 0.25) is 5.91 Å². The summed E-state index contributed by atoms with van der Waals surface area (Å²) in [4.78, 5) is 16.8.